The molecule has 3 nitrogen and oxygen atoms in total. The highest BCUT2D eigenvalue weighted by Crippen LogP contribution is 2.21. The van der Waals surface area contributed by atoms with Crippen molar-refractivity contribution < 1.29 is 4.79 Å². The first-order valence-electron chi connectivity index (χ1n) is 6.47. The van der Waals surface area contributed by atoms with Gasteiger partial charge in [-0.15, -0.1) is 0 Å². The molecular weight excluding hydrogens is 283 g/mol. The fourth-order valence-electron chi connectivity index (χ4n) is 2.43. The van der Waals surface area contributed by atoms with Crippen LogP contribution in [0.15, 0.2) is 18.2 Å². The Balaban J connectivity index is 1.99. The second-order valence-corrected chi connectivity index (χ2v) is 5.87. The van der Waals surface area contributed by atoms with Crippen molar-refractivity contribution in [1.82, 2.24) is 10.2 Å². The van der Waals surface area contributed by atoms with Gasteiger partial charge in [0.15, 0.2) is 0 Å². The smallest absolute Gasteiger partial charge is 0.225 e. The van der Waals surface area contributed by atoms with E-state index in [1.54, 1.807) is 11.0 Å². The van der Waals surface area contributed by atoms with Gasteiger partial charge in [-0.2, -0.15) is 0 Å². The fraction of sp³-hybridized carbons (Fsp3) is 0.500. The lowest BCUT2D eigenvalue weighted by Gasteiger charge is -2.27. The predicted octanol–water partition coefficient (Wildman–Crippen LogP) is 2.95. The molecule has 0 aromatic heterocycles. The number of hydrogen-bond donors (Lipinski definition) is 1. The number of amides is 1. The van der Waals surface area contributed by atoms with Crippen molar-refractivity contribution in [3.05, 3.63) is 33.8 Å². The van der Waals surface area contributed by atoms with E-state index in [0.717, 1.165) is 31.5 Å². The third-order valence-electron chi connectivity index (χ3n) is 3.41. The number of nitrogens with one attached hydrogen (secondary N) is 1. The SMILES string of the molecule is CN(Cc1cc(Cl)cc(Cl)c1)C(=O)C1CCNCC1. The first kappa shape index (κ1) is 14.6. The summed E-state index contributed by atoms with van der Waals surface area (Å²) in [5.74, 6) is 0.346. The average molecular weight is 301 g/mol. The first-order valence-corrected chi connectivity index (χ1v) is 7.22. The van der Waals surface area contributed by atoms with Gasteiger partial charge in [-0.1, -0.05) is 23.2 Å². The number of rotatable bonds is 3. The highest BCUT2D eigenvalue weighted by molar-refractivity contribution is 6.34. The van der Waals surface area contributed by atoms with Gasteiger partial charge in [-0.3, -0.25) is 4.79 Å². The molecule has 1 aromatic carbocycles. The molecule has 0 saturated carbocycles. The number of piperidine rings is 1. The molecule has 1 saturated heterocycles. The summed E-state index contributed by atoms with van der Waals surface area (Å²) in [4.78, 5) is 14.1. The zero-order valence-corrected chi connectivity index (χ0v) is 12.5. The molecule has 1 aromatic rings. The third kappa shape index (κ3) is 4.10. The summed E-state index contributed by atoms with van der Waals surface area (Å²) in [6.07, 6.45) is 1.83. The molecule has 0 unspecified atom stereocenters. The second kappa shape index (κ2) is 6.60. The summed E-state index contributed by atoms with van der Waals surface area (Å²) in [6.45, 7) is 2.39. The maximum atomic E-state index is 12.3. The van der Waals surface area contributed by atoms with E-state index < -0.39 is 0 Å². The average Bonchev–Trinajstić information content (AvgIpc) is 2.37. The molecule has 2 rings (SSSR count). The van der Waals surface area contributed by atoms with Gasteiger partial charge < -0.3 is 10.2 Å². The minimum Gasteiger partial charge on any atom is -0.341 e. The van der Waals surface area contributed by atoms with E-state index in [2.05, 4.69) is 5.32 Å². The van der Waals surface area contributed by atoms with E-state index in [9.17, 15) is 4.79 Å². The van der Waals surface area contributed by atoms with Crippen molar-refractivity contribution in [2.24, 2.45) is 5.92 Å². The summed E-state index contributed by atoms with van der Waals surface area (Å²) in [5.41, 5.74) is 0.960. The van der Waals surface area contributed by atoms with Gasteiger partial charge in [-0.25, -0.2) is 0 Å². The van der Waals surface area contributed by atoms with Gasteiger partial charge in [0.1, 0.15) is 0 Å². The first-order chi connectivity index (χ1) is 9.06. The largest absolute Gasteiger partial charge is 0.341 e. The lowest BCUT2D eigenvalue weighted by atomic mass is 9.96. The molecule has 0 spiro atoms. The molecule has 5 heteroatoms. The Morgan fingerprint density at radius 3 is 2.42 bits per heavy atom. The Hall–Kier alpha value is -0.770. The highest BCUT2D eigenvalue weighted by Gasteiger charge is 2.23. The van der Waals surface area contributed by atoms with Crippen LogP contribution >= 0.6 is 23.2 Å². The fourth-order valence-corrected chi connectivity index (χ4v) is 3.01. The molecule has 19 heavy (non-hydrogen) atoms. The van der Waals surface area contributed by atoms with Gasteiger partial charge in [0.05, 0.1) is 0 Å². The van der Waals surface area contributed by atoms with Crippen LogP contribution in [0.5, 0.6) is 0 Å². The summed E-state index contributed by atoms with van der Waals surface area (Å²) in [7, 11) is 1.83. The van der Waals surface area contributed by atoms with Crippen LogP contribution in [0, 0.1) is 5.92 Å². The topological polar surface area (TPSA) is 32.3 Å². The van der Waals surface area contributed by atoms with Crippen molar-refractivity contribution in [3.8, 4) is 0 Å². The molecule has 1 fully saturated rings. The summed E-state index contributed by atoms with van der Waals surface area (Å²) in [6, 6.07) is 5.39. The van der Waals surface area contributed by atoms with Crippen LogP contribution < -0.4 is 5.32 Å². The van der Waals surface area contributed by atoms with E-state index in [-0.39, 0.29) is 11.8 Å². The third-order valence-corrected chi connectivity index (χ3v) is 3.84. The van der Waals surface area contributed by atoms with Crippen molar-refractivity contribution >= 4 is 29.1 Å². The van der Waals surface area contributed by atoms with E-state index in [0.29, 0.717) is 16.6 Å². The van der Waals surface area contributed by atoms with Crippen molar-refractivity contribution in [1.29, 1.82) is 0 Å². The van der Waals surface area contributed by atoms with Gasteiger partial charge in [-0.05, 0) is 49.7 Å². The van der Waals surface area contributed by atoms with E-state index in [4.69, 9.17) is 23.2 Å². The summed E-state index contributed by atoms with van der Waals surface area (Å²) in [5, 5.41) is 4.47. The van der Waals surface area contributed by atoms with Crippen molar-refractivity contribution in [2.45, 2.75) is 19.4 Å². The number of hydrogen-bond acceptors (Lipinski definition) is 2. The maximum Gasteiger partial charge on any atom is 0.225 e. The Labute approximate surface area is 123 Å². The van der Waals surface area contributed by atoms with Gasteiger partial charge >= 0.3 is 0 Å². The van der Waals surface area contributed by atoms with Crippen LogP contribution in [-0.4, -0.2) is 30.9 Å². The molecular formula is C14H18Cl2N2O. The molecule has 1 N–H and O–H groups in total. The number of nitrogens with zero attached hydrogens (tertiary/aromatic N) is 1. The molecule has 1 aliphatic rings. The van der Waals surface area contributed by atoms with Crippen LogP contribution in [0.1, 0.15) is 18.4 Å². The molecule has 1 heterocycles. The maximum absolute atomic E-state index is 12.3. The van der Waals surface area contributed by atoms with Crippen LogP contribution in [0.3, 0.4) is 0 Å². The normalized spacial score (nSPS) is 16.4. The van der Waals surface area contributed by atoms with Crippen LogP contribution in [0.25, 0.3) is 0 Å². The standard InChI is InChI=1S/C14H18Cl2N2O/c1-18(14(19)11-2-4-17-5-3-11)9-10-6-12(15)8-13(16)7-10/h6-8,11,17H,2-5,9H2,1H3. The highest BCUT2D eigenvalue weighted by atomic mass is 35.5. The predicted molar refractivity (Wildman–Crippen MR) is 78.5 cm³/mol. The molecule has 0 atom stereocenters. The van der Waals surface area contributed by atoms with Gasteiger partial charge in [0, 0.05) is 29.6 Å². The van der Waals surface area contributed by atoms with E-state index >= 15 is 0 Å². The van der Waals surface area contributed by atoms with Crippen LogP contribution in [-0.2, 0) is 11.3 Å². The van der Waals surface area contributed by atoms with Crippen molar-refractivity contribution in [2.75, 3.05) is 20.1 Å². The molecule has 1 aliphatic heterocycles. The van der Waals surface area contributed by atoms with Crippen LogP contribution in [0.4, 0.5) is 0 Å². The van der Waals surface area contributed by atoms with E-state index in [1.807, 2.05) is 19.2 Å². The van der Waals surface area contributed by atoms with Gasteiger partial charge in [0.2, 0.25) is 5.91 Å². The molecule has 0 bridgehead atoms. The molecule has 0 radical (unpaired) electrons. The minimum atomic E-state index is 0.140. The Kier molecular flexibility index (Phi) is 5.08. The molecule has 104 valence electrons. The minimum absolute atomic E-state index is 0.140. The van der Waals surface area contributed by atoms with Crippen LogP contribution in [0.2, 0.25) is 10.0 Å². The quantitative estimate of drug-likeness (QED) is 0.931. The Morgan fingerprint density at radius 1 is 1.26 bits per heavy atom. The monoisotopic (exact) mass is 300 g/mol. The zero-order valence-electron chi connectivity index (χ0n) is 11.0. The summed E-state index contributed by atoms with van der Waals surface area (Å²) < 4.78 is 0. The number of benzene rings is 1. The van der Waals surface area contributed by atoms with E-state index in [1.165, 1.54) is 0 Å². The number of carbonyl (C=O) groups is 1. The molecule has 1 amide bonds. The number of carbonyl (C=O) groups excluding carboxylic acids is 1. The number of halogens is 2. The summed E-state index contributed by atoms with van der Waals surface area (Å²) >= 11 is 11.9. The lowest BCUT2D eigenvalue weighted by molar-refractivity contribution is -0.135. The second-order valence-electron chi connectivity index (χ2n) is 5.00. The lowest BCUT2D eigenvalue weighted by Crippen LogP contribution is -2.38. The Morgan fingerprint density at radius 2 is 1.84 bits per heavy atom. The van der Waals surface area contributed by atoms with Gasteiger partial charge in [0.25, 0.3) is 0 Å². The molecule has 0 aliphatic carbocycles. The Bertz CT molecular complexity index is 439. The van der Waals surface area contributed by atoms with Crippen molar-refractivity contribution in [3.63, 3.8) is 0 Å². The zero-order chi connectivity index (χ0) is 13.8.